The first-order chi connectivity index (χ1) is 14.1. The molecule has 0 saturated carbocycles. The van der Waals surface area contributed by atoms with Gasteiger partial charge in [0.2, 0.25) is 0 Å². The maximum Gasteiger partial charge on any atom is 0.338 e. The summed E-state index contributed by atoms with van der Waals surface area (Å²) in [7, 11) is 1.54. The Hall–Kier alpha value is -3.67. The Kier molecular flexibility index (Phi) is 6.58. The fourth-order valence-corrected chi connectivity index (χ4v) is 2.91. The van der Waals surface area contributed by atoms with Gasteiger partial charge in [-0.3, -0.25) is 9.78 Å². The topological polar surface area (TPSA) is 68.7 Å². The average molecular weight is 390 g/mol. The molecular formula is C23H22N2O4. The second-order valence-electron chi connectivity index (χ2n) is 6.21. The van der Waals surface area contributed by atoms with Crippen molar-refractivity contribution in [2.24, 2.45) is 0 Å². The number of benzene rings is 2. The van der Waals surface area contributed by atoms with E-state index in [4.69, 9.17) is 9.47 Å². The molecule has 0 aliphatic rings. The van der Waals surface area contributed by atoms with Crippen molar-refractivity contribution in [2.75, 3.05) is 18.6 Å². The standard InChI is InChI=1S/C23H22N2O4/c1-3-29-23(27)18-8-10-19(11-9-18)25(16-17-12-14-24-15-13-17)22(26)20-6-4-5-7-21(20)28-2/h4-15H,3,16H2,1-2H3. The second kappa shape index (κ2) is 9.50. The summed E-state index contributed by atoms with van der Waals surface area (Å²) in [5.41, 5.74) is 2.48. The smallest absolute Gasteiger partial charge is 0.338 e. The highest BCUT2D eigenvalue weighted by Crippen LogP contribution is 2.25. The lowest BCUT2D eigenvalue weighted by Gasteiger charge is -2.24. The van der Waals surface area contributed by atoms with E-state index in [0.717, 1.165) is 5.56 Å². The van der Waals surface area contributed by atoms with Gasteiger partial charge >= 0.3 is 5.97 Å². The number of nitrogens with zero attached hydrogens (tertiary/aromatic N) is 2. The van der Waals surface area contributed by atoms with E-state index in [1.807, 2.05) is 18.2 Å². The molecular weight excluding hydrogens is 368 g/mol. The molecule has 0 saturated heterocycles. The van der Waals surface area contributed by atoms with Gasteiger partial charge in [-0.25, -0.2) is 4.79 Å². The van der Waals surface area contributed by atoms with E-state index in [1.54, 1.807) is 66.7 Å². The number of hydrogen-bond acceptors (Lipinski definition) is 5. The Balaban J connectivity index is 1.97. The zero-order valence-electron chi connectivity index (χ0n) is 16.4. The minimum absolute atomic E-state index is 0.205. The summed E-state index contributed by atoms with van der Waals surface area (Å²) in [6.45, 7) is 2.41. The summed E-state index contributed by atoms with van der Waals surface area (Å²) in [5.74, 6) is -0.0979. The van der Waals surface area contributed by atoms with Crippen molar-refractivity contribution in [3.05, 3.63) is 89.7 Å². The summed E-state index contributed by atoms with van der Waals surface area (Å²) < 4.78 is 10.4. The van der Waals surface area contributed by atoms with Crippen LogP contribution in [0, 0.1) is 0 Å². The highest BCUT2D eigenvalue weighted by Gasteiger charge is 2.22. The third-order valence-electron chi connectivity index (χ3n) is 4.36. The molecule has 0 unspecified atom stereocenters. The van der Waals surface area contributed by atoms with Crippen molar-refractivity contribution in [3.63, 3.8) is 0 Å². The monoisotopic (exact) mass is 390 g/mol. The van der Waals surface area contributed by atoms with Crippen LogP contribution in [0.25, 0.3) is 0 Å². The number of amides is 1. The molecule has 0 radical (unpaired) electrons. The van der Waals surface area contributed by atoms with Gasteiger partial charge in [0.05, 0.1) is 31.4 Å². The number of ether oxygens (including phenoxy) is 2. The molecule has 3 rings (SSSR count). The fourth-order valence-electron chi connectivity index (χ4n) is 2.91. The van der Waals surface area contributed by atoms with E-state index in [9.17, 15) is 9.59 Å². The Labute approximate surface area is 169 Å². The molecule has 148 valence electrons. The quantitative estimate of drug-likeness (QED) is 0.568. The van der Waals surface area contributed by atoms with E-state index in [-0.39, 0.29) is 5.91 Å². The maximum absolute atomic E-state index is 13.4. The number of anilines is 1. The lowest BCUT2D eigenvalue weighted by molar-refractivity contribution is 0.0526. The molecule has 0 spiro atoms. The lowest BCUT2D eigenvalue weighted by atomic mass is 10.1. The second-order valence-corrected chi connectivity index (χ2v) is 6.21. The van der Waals surface area contributed by atoms with Crippen molar-refractivity contribution in [1.29, 1.82) is 0 Å². The number of carbonyl (C=O) groups excluding carboxylic acids is 2. The summed E-state index contributed by atoms with van der Waals surface area (Å²) in [6.07, 6.45) is 3.37. The predicted octanol–water partition coefficient (Wildman–Crippen LogP) is 4.11. The summed E-state index contributed by atoms with van der Waals surface area (Å²) in [6, 6.07) is 17.6. The highest BCUT2D eigenvalue weighted by atomic mass is 16.5. The van der Waals surface area contributed by atoms with E-state index < -0.39 is 5.97 Å². The fraction of sp³-hybridized carbons (Fsp3) is 0.174. The SMILES string of the molecule is CCOC(=O)c1ccc(N(Cc2ccncc2)C(=O)c2ccccc2OC)cc1. The van der Waals surface area contributed by atoms with Gasteiger partial charge in [-0.05, 0) is 61.0 Å². The van der Waals surface area contributed by atoms with Crippen LogP contribution in [0.3, 0.4) is 0 Å². The number of hydrogen-bond donors (Lipinski definition) is 0. The van der Waals surface area contributed by atoms with Gasteiger partial charge in [0.15, 0.2) is 0 Å². The largest absolute Gasteiger partial charge is 0.496 e. The first-order valence-electron chi connectivity index (χ1n) is 9.25. The molecule has 3 aromatic rings. The van der Waals surface area contributed by atoms with Crippen LogP contribution in [-0.2, 0) is 11.3 Å². The van der Waals surface area contributed by atoms with E-state index in [2.05, 4.69) is 4.98 Å². The van der Waals surface area contributed by atoms with Crippen LogP contribution < -0.4 is 9.64 Å². The van der Waals surface area contributed by atoms with Crippen molar-refractivity contribution in [1.82, 2.24) is 4.98 Å². The van der Waals surface area contributed by atoms with Crippen molar-refractivity contribution in [2.45, 2.75) is 13.5 Å². The minimum atomic E-state index is -0.393. The molecule has 1 heterocycles. The minimum Gasteiger partial charge on any atom is -0.496 e. The Morgan fingerprint density at radius 1 is 0.966 bits per heavy atom. The molecule has 1 amide bonds. The van der Waals surface area contributed by atoms with Crippen LogP contribution in [0.2, 0.25) is 0 Å². The molecule has 6 heteroatoms. The van der Waals surface area contributed by atoms with Crippen LogP contribution >= 0.6 is 0 Å². The van der Waals surface area contributed by atoms with Crippen LogP contribution in [0.1, 0.15) is 33.2 Å². The zero-order chi connectivity index (χ0) is 20.6. The number of carbonyl (C=O) groups is 2. The number of para-hydroxylation sites is 1. The van der Waals surface area contributed by atoms with Crippen molar-refractivity contribution < 1.29 is 19.1 Å². The first-order valence-corrected chi connectivity index (χ1v) is 9.25. The highest BCUT2D eigenvalue weighted by molar-refractivity contribution is 6.08. The van der Waals surface area contributed by atoms with E-state index in [0.29, 0.717) is 35.7 Å². The molecule has 0 aliphatic heterocycles. The Morgan fingerprint density at radius 2 is 1.66 bits per heavy atom. The van der Waals surface area contributed by atoms with Gasteiger partial charge in [0.25, 0.3) is 5.91 Å². The molecule has 0 N–H and O–H groups in total. The van der Waals surface area contributed by atoms with Gasteiger partial charge in [-0.1, -0.05) is 12.1 Å². The van der Waals surface area contributed by atoms with Gasteiger partial charge in [0.1, 0.15) is 5.75 Å². The van der Waals surface area contributed by atoms with Crippen LogP contribution in [0.15, 0.2) is 73.1 Å². The third kappa shape index (κ3) is 4.79. The zero-order valence-corrected chi connectivity index (χ0v) is 16.4. The van der Waals surface area contributed by atoms with Gasteiger partial charge < -0.3 is 14.4 Å². The number of rotatable bonds is 7. The average Bonchev–Trinajstić information content (AvgIpc) is 2.78. The Morgan fingerprint density at radius 3 is 2.31 bits per heavy atom. The van der Waals surface area contributed by atoms with Crippen LogP contribution in [0.5, 0.6) is 5.75 Å². The molecule has 0 aliphatic carbocycles. The van der Waals surface area contributed by atoms with Gasteiger partial charge in [-0.15, -0.1) is 0 Å². The molecule has 2 aromatic carbocycles. The van der Waals surface area contributed by atoms with E-state index >= 15 is 0 Å². The van der Waals surface area contributed by atoms with Crippen LogP contribution in [-0.4, -0.2) is 30.6 Å². The summed E-state index contributed by atoms with van der Waals surface area (Å²) in [5, 5.41) is 0. The number of methoxy groups -OCH3 is 1. The number of aromatic nitrogens is 1. The number of pyridine rings is 1. The summed E-state index contributed by atoms with van der Waals surface area (Å²) in [4.78, 5) is 31.0. The summed E-state index contributed by atoms with van der Waals surface area (Å²) >= 11 is 0. The Bertz CT molecular complexity index is 972. The molecule has 0 bridgehead atoms. The first kappa shape index (κ1) is 20.1. The maximum atomic E-state index is 13.4. The third-order valence-corrected chi connectivity index (χ3v) is 4.36. The normalized spacial score (nSPS) is 10.3. The van der Waals surface area contributed by atoms with Gasteiger partial charge in [-0.2, -0.15) is 0 Å². The van der Waals surface area contributed by atoms with Gasteiger partial charge in [0, 0.05) is 18.1 Å². The van der Waals surface area contributed by atoms with Crippen molar-refractivity contribution in [3.8, 4) is 5.75 Å². The molecule has 6 nitrogen and oxygen atoms in total. The van der Waals surface area contributed by atoms with Crippen LogP contribution in [0.4, 0.5) is 5.69 Å². The molecule has 29 heavy (non-hydrogen) atoms. The van der Waals surface area contributed by atoms with Crippen molar-refractivity contribution >= 4 is 17.6 Å². The number of esters is 1. The predicted molar refractivity (Wildman–Crippen MR) is 110 cm³/mol. The van der Waals surface area contributed by atoms with E-state index in [1.165, 1.54) is 7.11 Å². The lowest BCUT2D eigenvalue weighted by Crippen LogP contribution is -2.30. The molecule has 0 fully saturated rings. The molecule has 1 aromatic heterocycles. The molecule has 0 atom stereocenters.